The molecule has 9 heteroatoms. The fourth-order valence-electron chi connectivity index (χ4n) is 3.88. The number of methoxy groups -OCH3 is 1. The van der Waals surface area contributed by atoms with Gasteiger partial charge in [-0.15, -0.1) is 0 Å². The lowest BCUT2D eigenvalue weighted by atomic mass is 9.76. The van der Waals surface area contributed by atoms with Gasteiger partial charge in [0.1, 0.15) is 11.9 Å². The minimum Gasteiger partial charge on any atom is -0.496 e. The summed E-state index contributed by atoms with van der Waals surface area (Å²) in [5, 5.41) is 21.8. The molecule has 2 aliphatic rings. The fourth-order valence-corrected chi connectivity index (χ4v) is 3.88. The molecule has 1 amide bonds. The summed E-state index contributed by atoms with van der Waals surface area (Å²) >= 11 is 0. The van der Waals surface area contributed by atoms with Gasteiger partial charge in [-0.1, -0.05) is 13.8 Å². The van der Waals surface area contributed by atoms with Crippen molar-refractivity contribution in [2.45, 2.75) is 84.1 Å². The van der Waals surface area contributed by atoms with Crippen molar-refractivity contribution in [3.63, 3.8) is 0 Å². The highest BCUT2D eigenvalue weighted by Crippen LogP contribution is 2.37. The van der Waals surface area contributed by atoms with Crippen LogP contribution in [0.1, 0.15) is 64.9 Å². The van der Waals surface area contributed by atoms with Crippen LogP contribution in [0.3, 0.4) is 0 Å². The number of halogens is 1. The largest absolute Gasteiger partial charge is 0.496 e. The highest BCUT2D eigenvalue weighted by Gasteiger charge is 2.29. The van der Waals surface area contributed by atoms with Crippen molar-refractivity contribution in [3.8, 4) is 11.5 Å². The number of carboxylic acid groups (broad SMARTS) is 1. The molecule has 33 heavy (non-hydrogen) atoms. The van der Waals surface area contributed by atoms with Gasteiger partial charge in [-0.05, 0) is 63.5 Å². The smallest absolute Gasteiger partial charge is 0.332 e. The average Bonchev–Trinajstić information content (AvgIpc) is 3.30. The molecular formula is C24H37FN2O6. The summed E-state index contributed by atoms with van der Waals surface area (Å²) < 4.78 is 25.9. The number of hydrogen-bond donors (Lipinski definition) is 4. The van der Waals surface area contributed by atoms with Crippen molar-refractivity contribution >= 4 is 11.9 Å². The number of hydrogen-bond acceptors (Lipinski definition) is 6. The molecule has 3 rings (SSSR count). The van der Waals surface area contributed by atoms with Crippen molar-refractivity contribution in [2.24, 2.45) is 5.41 Å². The van der Waals surface area contributed by atoms with Crippen LogP contribution >= 0.6 is 0 Å². The number of benzene rings is 1. The number of aliphatic hydroxyl groups excluding tert-OH is 1. The van der Waals surface area contributed by atoms with E-state index in [1.165, 1.54) is 13.0 Å². The van der Waals surface area contributed by atoms with Gasteiger partial charge in [0, 0.05) is 18.2 Å². The van der Waals surface area contributed by atoms with Crippen LogP contribution < -0.4 is 20.1 Å². The maximum Gasteiger partial charge on any atom is 0.332 e. The number of carbonyl (C=O) groups is 2. The van der Waals surface area contributed by atoms with Crippen LogP contribution in [0.2, 0.25) is 0 Å². The summed E-state index contributed by atoms with van der Waals surface area (Å²) in [4.78, 5) is 21.6. The molecule has 0 radical (unpaired) electrons. The highest BCUT2D eigenvalue weighted by atomic mass is 19.1. The van der Waals surface area contributed by atoms with Gasteiger partial charge in [0.25, 0.3) is 0 Å². The van der Waals surface area contributed by atoms with Crippen LogP contribution in [0, 0.1) is 11.2 Å². The molecule has 1 saturated carbocycles. The van der Waals surface area contributed by atoms with Gasteiger partial charge < -0.3 is 30.3 Å². The average molecular weight is 469 g/mol. The third-order valence-electron chi connectivity index (χ3n) is 6.10. The molecular weight excluding hydrogens is 431 g/mol. The molecule has 186 valence electrons. The molecule has 1 heterocycles. The number of carbonyl (C=O) groups excluding carboxylic acids is 1. The van der Waals surface area contributed by atoms with Crippen molar-refractivity contribution in [1.29, 1.82) is 0 Å². The summed E-state index contributed by atoms with van der Waals surface area (Å²) in [6.45, 7) is 6.81. The van der Waals surface area contributed by atoms with E-state index >= 15 is 0 Å². The molecule has 0 unspecified atom stereocenters. The molecule has 1 saturated heterocycles. The first-order valence-electron chi connectivity index (χ1n) is 11.5. The van der Waals surface area contributed by atoms with E-state index in [0.717, 1.165) is 45.1 Å². The lowest BCUT2D eigenvalue weighted by Crippen LogP contribution is -2.40. The van der Waals surface area contributed by atoms with Crippen LogP contribution in [-0.2, 0) is 16.1 Å². The minimum atomic E-state index is -1.23. The zero-order chi connectivity index (χ0) is 24.6. The van der Waals surface area contributed by atoms with Gasteiger partial charge in [-0.3, -0.25) is 4.79 Å². The van der Waals surface area contributed by atoms with Crippen molar-refractivity contribution < 1.29 is 33.7 Å². The summed E-state index contributed by atoms with van der Waals surface area (Å²) in [5.41, 5.74) is 0.949. The lowest BCUT2D eigenvalue weighted by molar-refractivity contribution is -0.145. The SMILES string of the molecule is COc1cc(OC2CCC(C)(C)CC2)c(F)cc1CNC(=O)[C@@H]1CCCN1.C[C@H](O)C(=O)O. The van der Waals surface area contributed by atoms with E-state index in [9.17, 15) is 14.0 Å². The fraction of sp³-hybridized carbons (Fsp3) is 0.667. The second-order valence-electron chi connectivity index (χ2n) is 9.46. The van der Waals surface area contributed by atoms with Crippen LogP contribution in [-0.4, -0.2) is 54.0 Å². The zero-order valence-corrected chi connectivity index (χ0v) is 19.9. The molecule has 2 fully saturated rings. The Balaban J connectivity index is 0.000000569. The summed E-state index contributed by atoms with van der Waals surface area (Å²) in [7, 11) is 1.55. The zero-order valence-electron chi connectivity index (χ0n) is 19.9. The van der Waals surface area contributed by atoms with Crippen LogP contribution in [0.4, 0.5) is 4.39 Å². The van der Waals surface area contributed by atoms with E-state index in [0.29, 0.717) is 16.7 Å². The van der Waals surface area contributed by atoms with Gasteiger partial charge in [-0.25, -0.2) is 9.18 Å². The number of aliphatic carboxylic acids is 1. The van der Waals surface area contributed by atoms with Crippen LogP contribution in [0.15, 0.2) is 12.1 Å². The van der Waals surface area contributed by atoms with Crippen molar-refractivity contribution in [2.75, 3.05) is 13.7 Å². The molecule has 0 bridgehead atoms. The maximum atomic E-state index is 14.6. The number of aliphatic hydroxyl groups is 1. The highest BCUT2D eigenvalue weighted by molar-refractivity contribution is 5.82. The first-order chi connectivity index (χ1) is 15.5. The molecule has 1 aliphatic heterocycles. The van der Waals surface area contributed by atoms with E-state index in [-0.39, 0.29) is 30.3 Å². The van der Waals surface area contributed by atoms with E-state index in [1.807, 2.05) is 0 Å². The molecule has 8 nitrogen and oxygen atoms in total. The third-order valence-corrected chi connectivity index (χ3v) is 6.10. The predicted octanol–water partition coefficient (Wildman–Crippen LogP) is 3.00. The van der Waals surface area contributed by atoms with E-state index in [4.69, 9.17) is 19.7 Å². The Kier molecular flexibility index (Phi) is 9.91. The molecule has 0 aromatic heterocycles. The molecule has 2 atom stereocenters. The normalized spacial score (nSPS) is 20.8. The van der Waals surface area contributed by atoms with Crippen LogP contribution in [0.25, 0.3) is 0 Å². The summed E-state index contributed by atoms with van der Waals surface area (Å²) in [6.07, 6.45) is 4.66. The Morgan fingerprint density at radius 1 is 1.24 bits per heavy atom. The Bertz CT molecular complexity index is 798. The van der Waals surface area contributed by atoms with Gasteiger partial charge in [0.05, 0.1) is 19.3 Å². The Labute approximate surface area is 194 Å². The van der Waals surface area contributed by atoms with Crippen LogP contribution in [0.5, 0.6) is 11.5 Å². The van der Waals surface area contributed by atoms with E-state index in [1.54, 1.807) is 13.2 Å². The molecule has 1 aromatic carbocycles. The quantitative estimate of drug-likeness (QED) is 0.486. The van der Waals surface area contributed by atoms with E-state index in [2.05, 4.69) is 24.5 Å². The summed E-state index contributed by atoms with van der Waals surface area (Å²) in [6, 6.07) is 2.85. The monoisotopic (exact) mass is 468 g/mol. The van der Waals surface area contributed by atoms with Crippen molar-refractivity contribution in [1.82, 2.24) is 10.6 Å². The number of nitrogens with one attached hydrogen (secondary N) is 2. The number of ether oxygens (including phenoxy) is 2. The second-order valence-corrected chi connectivity index (χ2v) is 9.46. The number of amides is 1. The molecule has 4 N–H and O–H groups in total. The first-order valence-corrected chi connectivity index (χ1v) is 11.5. The van der Waals surface area contributed by atoms with Gasteiger partial charge in [0.15, 0.2) is 11.6 Å². The second kappa shape index (κ2) is 12.2. The predicted molar refractivity (Wildman–Crippen MR) is 122 cm³/mol. The lowest BCUT2D eigenvalue weighted by Gasteiger charge is -2.34. The van der Waals surface area contributed by atoms with Gasteiger partial charge >= 0.3 is 5.97 Å². The molecule has 0 spiro atoms. The standard InChI is InChI=1S/C21H31FN2O3.C3H6O3/c1-21(2)8-6-15(7-9-21)27-19-12-18(26-3)14(11-16(19)22)13-24-20(25)17-5-4-10-23-17;1-2(4)3(5)6/h11-12,15,17,23H,4-10,13H2,1-3H3,(H,24,25);2,4H,1H3,(H,5,6)/t17-;2-/m00/s1. The Morgan fingerprint density at radius 2 is 1.88 bits per heavy atom. The topological polar surface area (TPSA) is 117 Å². The number of rotatable bonds is 7. The molecule has 1 aromatic rings. The van der Waals surface area contributed by atoms with Gasteiger partial charge in [0.2, 0.25) is 5.91 Å². The number of carboxylic acids is 1. The van der Waals surface area contributed by atoms with Crippen molar-refractivity contribution in [3.05, 3.63) is 23.5 Å². The molecule has 1 aliphatic carbocycles. The maximum absolute atomic E-state index is 14.6. The van der Waals surface area contributed by atoms with Gasteiger partial charge in [-0.2, -0.15) is 0 Å². The Morgan fingerprint density at radius 3 is 2.39 bits per heavy atom. The minimum absolute atomic E-state index is 0.0382. The first kappa shape index (κ1) is 26.9. The van der Waals surface area contributed by atoms with E-state index < -0.39 is 17.9 Å². The Hall–Kier alpha value is -2.39. The third kappa shape index (κ3) is 8.47. The summed E-state index contributed by atoms with van der Waals surface area (Å²) in [5.74, 6) is -0.898.